The minimum atomic E-state index is 0.751. The number of halogens is 1. The van der Waals surface area contributed by atoms with Gasteiger partial charge >= 0.3 is 0 Å². The van der Waals surface area contributed by atoms with Gasteiger partial charge in [0.05, 0.1) is 10.5 Å². The highest BCUT2D eigenvalue weighted by Gasteiger charge is 2.07. The summed E-state index contributed by atoms with van der Waals surface area (Å²) in [5.74, 6) is 0.880. The van der Waals surface area contributed by atoms with Gasteiger partial charge < -0.3 is 0 Å². The predicted molar refractivity (Wildman–Crippen MR) is 66.1 cm³/mol. The molecular formula is C13H9ClN2. The maximum Gasteiger partial charge on any atom is 0.137 e. The summed E-state index contributed by atoms with van der Waals surface area (Å²) < 4.78 is 2.00. The molecule has 0 aliphatic heterocycles. The van der Waals surface area contributed by atoms with Crippen molar-refractivity contribution in [3.63, 3.8) is 0 Å². The number of hydrogen-bond acceptors (Lipinski definition) is 1. The molecule has 3 heteroatoms. The summed E-state index contributed by atoms with van der Waals surface area (Å²) in [6.45, 7) is 0. The molecule has 0 amide bonds. The summed E-state index contributed by atoms with van der Waals surface area (Å²) in [4.78, 5) is 4.32. The number of rotatable bonds is 1. The zero-order valence-electron chi connectivity index (χ0n) is 8.47. The van der Waals surface area contributed by atoms with E-state index in [1.165, 1.54) is 0 Å². The molecule has 0 aliphatic carbocycles. The van der Waals surface area contributed by atoms with Crippen LogP contribution in [-0.2, 0) is 0 Å². The third-order valence-electron chi connectivity index (χ3n) is 2.56. The van der Waals surface area contributed by atoms with E-state index >= 15 is 0 Å². The minimum absolute atomic E-state index is 0.751. The maximum absolute atomic E-state index is 6.18. The van der Waals surface area contributed by atoms with Crippen molar-refractivity contribution < 1.29 is 0 Å². The van der Waals surface area contributed by atoms with Gasteiger partial charge in [0.1, 0.15) is 5.82 Å². The second-order valence-corrected chi connectivity index (χ2v) is 3.96. The smallest absolute Gasteiger partial charge is 0.137 e. The Morgan fingerprint density at radius 3 is 2.62 bits per heavy atom. The zero-order chi connectivity index (χ0) is 11.0. The van der Waals surface area contributed by atoms with E-state index in [-0.39, 0.29) is 0 Å². The topological polar surface area (TPSA) is 17.8 Å². The van der Waals surface area contributed by atoms with Crippen LogP contribution in [0, 0.1) is 0 Å². The lowest BCUT2D eigenvalue weighted by atomic mass is 10.2. The third kappa shape index (κ3) is 1.39. The zero-order valence-corrected chi connectivity index (χ0v) is 9.22. The van der Waals surface area contributed by atoms with E-state index in [1.54, 1.807) is 6.20 Å². The summed E-state index contributed by atoms with van der Waals surface area (Å²) in [6, 6.07) is 13.9. The van der Waals surface area contributed by atoms with Crippen LogP contribution < -0.4 is 0 Å². The van der Waals surface area contributed by atoms with E-state index in [0.29, 0.717) is 0 Å². The molecule has 3 rings (SSSR count). The lowest BCUT2D eigenvalue weighted by Gasteiger charge is -2.02. The molecule has 0 spiro atoms. The molecule has 0 bridgehead atoms. The van der Waals surface area contributed by atoms with Crippen LogP contribution in [-0.4, -0.2) is 9.55 Å². The van der Waals surface area contributed by atoms with Crippen molar-refractivity contribution >= 4 is 22.5 Å². The van der Waals surface area contributed by atoms with Crippen LogP contribution in [0.4, 0.5) is 0 Å². The van der Waals surface area contributed by atoms with Crippen molar-refractivity contribution in [3.8, 4) is 5.82 Å². The van der Waals surface area contributed by atoms with Gasteiger partial charge in [-0.05, 0) is 18.2 Å². The fourth-order valence-corrected chi connectivity index (χ4v) is 2.08. The van der Waals surface area contributed by atoms with Gasteiger partial charge in [-0.3, -0.25) is 4.57 Å². The van der Waals surface area contributed by atoms with Gasteiger partial charge in [0.2, 0.25) is 0 Å². The van der Waals surface area contributed by atoms with Crippen molar-refractivity contribution in [2.45, 2.75) is 0 Å². The molecule has 1 aromatic carbocycles. The van der Waals surface area contributed by atoms with Crippen LogP contribution in [0.25, 0.3) is 16.7 Å². The lowest BCUT2D eigenvalue weighted by molar-refractivity contribution is 1.04. The van der Waals surface area contributed by atoms with Crippen LogP contribution in [0.3, 0.4) is 0 Å². The first-order chi connectivity index (χ1) is 7.86. The molecule has 0 atom stereocenters. The molecule has 2 nitrogen and oxygen atoms in total. The van der Waals surface area contributed by atoms with Crippen LogP contribution in [0.1, 0.15) is 0 Å². The van der Waals surface area contributed by atoms with E-state index in [9.17, 15) is 0 Å². The second-order valence-electron chi connectivity index (χ2n) is 3.55. The number of pyridine rings is 1. The highest BCUT2D eigenvalue weighted by Crippen LogP contribution is 2.27. The van der Waals surface area contributed by atoms with Crippen molar-refractivity contribution in [3.05, 3.63) is 59.9 Å². The van der Waals surface area contributed by atoms with Gasteiger partial charge in [-0.1, -0.05) is 35.9 Å². The van der Waals surface area contributed by atoms with Gasteiger partial charge in [0, 0.05) is 17.8 Å². The summed E-state index contributed by atoms with van der Waals surface area (Å²) >= 11 is 6.18. The normalized spacial score (nSPS) is 10.8. The van der Waals surface area contributed by atoms with E-state index in [1.807, 2.05) is 53.2 Å². The molecule has 78 valence electrons. The first-order valence-corrected chi connectivity index (χ1v) is 5.41. The Morgan fingerprint density at radius 1 is 1.00 bits per heavy atom. The Labute approximate surface area is 98.1 Å². The average molecular weight is 229 g/mol. The molecular weight excluding hydrogens is 220 g/mol. The number of fused-ring (bicyclic) bond motifs is 1. The Morgan fingerprint density at radius 2 is 1.81 bits per heavy atom. The summed E-state index contributed by atoms with van der Waals surface area (Å²) in [6.07, 6.45) is 3.67. The number of aromatic nitrogens is 2. The van der Waals surface area contributed by atoms with Crippen molar-refractivity contribution in [2.75, 3.05) is 0 Å². The SMILES string of the molecule is Clc1cn(-c2ccccn2)c2ccccc12. The quantitative estimate of drug-likeness (QED) is 0.621. The van der Waals surface area contributed by atoms with E-state index < -0.39 is 0 Å². The standard InChI is InChI=1S/C13H9ClN2/c14-11-9-16(13-7-3-4-8-15-13)12-6-2-1-5-10(11)12/h1-9H. The van der Waals surface area contributed by atoms with Crippen LogP contribution in [0.2, 0.25) is 5.02 Å². The minimum Gasteiger partial charge on any atom is -0.300 e. The van der Waals surface area contributed by atoms with Crippen molar-refractivity contribution in [1.82, 2.24) is 9.55 Å². The third-order valence-corrected chi connectivity index (χ3v) is 2.86. The number of nitrogens with zero attached hydrogens (tertiary/aromatic N) is 2. The highest BCUT2D eigenvalue weighted by molar-refractivity contribution is 6.35. The summed E-state index contributed by atoms with van der Waals surface area (Å²) in [5.41, 5.74) is 1.08. The van der Waals surface area contributed by atoms with Gasteiger partial charge in [0.25, 0.3) is 0 Å². The molecule has 2 heterocycles. The Bertz CT molecular complexity index is 629. The summed E-state index contributed by atoms with van der Waals surface area (Å²) in [7, 11) is 0. The number of benzene rings is 1. The Hall–Kier alpha value is -1.80. The van der Waals surface area contributed by atoms with Gasteiger partial charge in [0.15, 0.2) is 0 Å². The Balaban J connectivity index is 2.33. The van der Waals surface area contributed by atoms with Gasteiger partial charge in [-0.25, -0.2) is 4.98 Å². The van der Waals surface area contributed by atoms with E-state index in [0.717, 1.165) is 21.7 Å². The van der Waals surface area contributed by atoms with Crippen LogP contribution >= 0.6 is 11.6 Å². The molecule has 3 aromatic rings. The van der Waals surface area contributed by atoms with E-state index in [2.05, 4.69) is 4.98 Å². The Kier molecular flexibility index (Phi) is 2.15. The molecule has 0 unspecified atom stereocenters. The van der Waals surface area contributed by atoms with Crippen molar-refractivity contribution in [1.29, 1.82) is 0 Å². The second kappa shape index (κ2) is 3.65. The highest BCUT2D eigenvalue weighted by atomic mass is 35.5. The maximum atomic E-state index is 6.18. The fourth-order valence-electron chi connectivity index (χ4n) is 1.82. The molecule has 0 fully saturated rings. The number of hydrogen-bond donors (Lipinski definition) is 0. The molecule has 0 aliphatic rings. The van der Waals surface area contributed by atoms with Crippen LogP contribution in [0.15, 0.2) is 54.9 Å². The molecule has 2 aromatic heterocycles. The first kappa shape index (κ1) is 9.43. The monoisotopic (exact) mass is 228 g/mol. The van der Waals surface area contributed by atoms with Crippen molar-refractivity contribution in [2.24, 2.45) is 0 Å². The van der Waals surface area contributed by atoms with Gasteiger partial charge in [-0.15, -0.1) is 0 Å². The summed E-state index contributed by atoms with van der Waals surface area (Å²) in [5, 5.41) is 1.80. The molecule has 0 saturated carbocycles. The molecule has 0 radical (unpaired) electrons. The van der Waals surface area contributed by atoms with Crippen LogP contribution in [0.5, 0.6) is 0 Å². The molecule has 0 N–H and O–H groups in total. The predicted octanol–water partition coefficient (Wildman–Crippen LogP) is 3.68. The lowest BCUT2D eigenvalue weighted by Crippen LogP contribution is -1.93. The molecule has 0 saturated heterocycles. The molecule has 16 heavy (non-hydrogen) atoms. The van der Waals surface area contributed by atoms with Gasteiger partial charge in [-0.2, -0.15) is 0 Å². The fraction of sp³-hybridized carbons (Fsp3) is 0. The average Bonchev–Trinajstić information content (AvgIpc) is 2.69. The first-order valence-electron chi connectivity index (χ1n) is 5.03. The number of para-hydroxylation sites is 1. The largest absolute Gasteiger partial charge is 0.300 e. The van der Waals surface area contributed by atoms with E-state index in [4.69, 9.17) is 11.6 Å².